The largest absolute Gasteiger partial charge is 0.468 e. The minimum absolute atomic E-state index is 0.182. The number of hydrogen-bond acceptors (Lipinski definition) is 3. The van der Waals surface area contributed by atoms with Crippen molar-refractivity contribution >= 4 is 28.5 Å². The molecule has 4 rings (SSSR count). The van der Waals surface area contributed by atoms with Gasteiger partial charge in [0.2, 0.25) is 0 Å². The Bertz CT molecular complexity index is 919. The molecule has 1 aliphatic rings. The van der Waals surface area contributed by atoms with E-state index in [1.807, 2.05) is 42.5 Å². The Morgan fingerprint density at radius 3 is 2.71 bits per heavy atom. The van der Waals surface area contributed by atoms with Gasteiger partial charge in [0.05, 0.1) is 13.2 Å². The van der Waals surface area contributed by atoms with Gasteiger partial charge in [0, 0.05) is 28.0 Å². The van der Waals surface area contributed by atoms with Crippen LogP contribution in [0.25, 0.3) is 10.9 Å². The fourth-order valence-electron chi connectivity index (χ4n) is 3.48. The van der Waals surface area contributed by atoms with Gasteiger partial charge in [0.15, 0.2) is 0 Å². The first-order valence-corrected chi connectivity index (χ1v) is 8.24. The molecule has 2 aromatic carbocycles. The van der Waals surface area contributed by atoms with Gasteiger partial charge in [-0.3, -0.25) is 10.1 Å². The molecule has 2 N–H and O–H groups in total. The average Bonchev–Trinajstić information content (AvgIpc) is 2.99. The number of hydrogen-bond donors (Lipinski definition) is 2. The number of aromatic nitrogens is 1. The molecule has 3 aromatic rings. The fraction of sp³-hybridized carbons (Fsp3) is 0.211. The quantitative estimate of drug-likeness (QED) is 0.701. The molecule has 0 fully saturated rings. The van der Waals surface area contributed by atoms with Crippen molar-refractivity contribution < 1.29 is 9.53 Å². The molecular formula is C19H17ClN2O2. The van der Waals surface area contributed by atoms with E-state index in [1.165, 1.54) is 7.11 Å². The molecule has 0 bridgehead atoms. The summed E-state index contributed by atoms with van der Waals surface area (Å²) in [6, 6.07) is 15.2. The Labute approximate surface area is 144 Å². The normalized spacial score (nSPS) is 19.9. The van der Waals surface area contributed by atoms with Crippen LogP contribution in [0.2, 0.25) is 5.02 Å². The van der Waals surface area contributed by atoms with Gasteiger partial charge in [-0.25, -0.2) is 0 Å². The van der Waals surface area contributed by atoms with Crippen molar-refractivity contribution in [2.45, 2.75) is 18.5 Å². The summed E-state index contributed by atoms with van der Waals surface area (Å²) < 4.78 is 4.96. The first-order valence-electron chi connectivity index (χ1n) is 7.87. The standard InChI is InChI=1S/C19H17ClN2O2/c1-24-19(23)16-10-13-11-6-3-5-9-15(11)21-18(13)17(22-16)12-7-2-4-8-14(12)20/h2-9,16-17,21-22H,10H2,1H3/t16-,17-/m0/s1. The highest BCUT2D eigenvalue weighted by Gasteiger charge is 2.35. The molecule has 0 amide bonds. The Morgan fingerprint density at radius 2 is 1.92 bits per heavy atom. The molecule has 2 atom stereocenters. The number of carbonyl (C=O) groups is 1. The van der Waals surface area contributed by atoms with E-state index < -0.39 is 6.04 Å². The van der Waals surface area contributed by atoms with Gasteiger partial charge in [-0.2, -0.15) is 0 Å². The first kappa shape index (κ1) is 15.2. The third-order valence-electron chi connectivity index (χ3n) is 4.61. The van der Waals surface area contributed by atoms with E-state index >= 15 is 0 Å². The lowest BCUT2D eigenvalue weighted by molar-refractivity contribution is -0.143. The topological polar surface area (TPSA) is 54.1 Å². The lowest BCUT2D eigenvalue weighted by Gasteiger charge is -2.30. The molecule has 0 spiro atoms. The van der Waals surface area contributed by atoms with Crippen molar-refractivity contribution in [2.24, 2.45) is 0 Å². The maximum atomic E-state index is 12.2. The monoisotopic (exact) mass is 340 g/mol. The second-order valence-electron chi connectivity index (χ2n) is 5.96. The average molecular weight is 341 g/mol. The number of halogens is 1. The van der Waals surface area contributed by atoms with Crippen LogP contribution in [-0.4, -0.2) is 24.1 Å². The summed E-state index contributed by atoms with van der Waals surface area (Å²) >= 11 is 6.41. The minimum atomic E-state index is -0.400. The van der Waals surface area contributed by atoms with E-state index in [-0.39, 0.29) is 12.0 Å². The molecule has 1 aromatic heterocycles. The molecule has 4 nitrogen and oxygen atoms in total. The van der Waals surface area contributed by atoms with E-state index in [4.69, 9.17) is 16.3 Å². The van der Waals surface area contributed by atoms with Crippen molar-refractivity contribution in [1.29, 1.82) is 0 Å². The Morgan fingerprint density at radius 1 is 1.17 bits per heavy atom. The second-order valence-corrected chi connectivity index (χ2v) is 6.37. The highest BCUT2D eigenvalue weighted by atomic mass is 35.5. The van der Waals surface area contributed by atoms with Crippen molar-refractivity contribution in [3.63, 3.8) is 0 Å². The summed E-state index contributed by atoms with van der Waals surface area (Å²) in [6.07, 6.45) is 0.590. The number of benzene rings is 2. The van der Waals surface area contributed by atoms with E-state index in [2.05, 4.69) is 16.4 Å². The number of methoxy groups -OCH3 is 1. The van der Waals surface area contributed by atoms with Crippen LogP contribution < -0.4 is 5.32 Å². The molecule has 2 heterocycles. The molecule has 24 heavy (non-hydrogen) atoms. The van der Waals surface area contributed by atoms with Crippen molar-refractivity contribution in [1.82, 2.24) is 10.3 Å². The van der Waals surface area contributed by atoms with Crippen molar-refractivity contribution in [3.8, 4) is 0 Å². The number of rotatable bonds is 2. The Hall–Kier alpha value is -2.30. The summed E-state index contributed by atoms with van der Waals surface area (Å²) in [5, 5.41) is 5.20. The summed E-state index contributed by atoms with van der Waals surface area (Å²) in [5.74, 6) is -0.261. The zero-order valence-corrected chi connectivity index (χ0v) is 13.9. The highest BCUT2D eigenvalue weighted by molar-refractivity contribution is 6.31. The van der Waals surface area contributed by atoms with E-state index in [0.717, 1.165) is 27.7 Å². The zero-order chi connectivity index (χ0) is 16.7. The van der Waals surface area contributed by atoms with Gasteiger partial charge < -0.3 is 9.72 Å². The fourth-order valence-corrected chi connectivity index (χ4v) is 3.73. The second kappa shape index (κ2) is 5.96. The highest BCUT2D eigenvalue weighted by Crippen LogP contribution is 2.37. The minimum Gasteiger partial charge on any atom is -0.468 e. The third kappa shape index (κ3) is 2.39. The number of fused-ring (bicyclic) bond motifs is 3. The predicted octanol–water partition coefficient (Wildman–Crippen LogP) is 3.60. The van der Waals surface area contributed by atoms with Crippen LogP contribution in [0.1, 0.15) is 22.9 Å². The summed E-state index contributed by atoms with van der Waals surface area (Å²) in [5.41, 5.74) is 4.21. The number of ether oxygens (including phenoxy) is 1. The van der Waals surface area contributed by atoms with Gasteiger partial charge in [-0.1, -0.05) is 48.0 Å². The third-order valence-corrected chi connectivity index (χ3v) is 4.96. The molecule has 0 saturated heterocycles. The van der Waals surface area contributed by atoms with Crippen LogP contribution in [0.3, 0.4) is 0 Å². The summed E-state index contributed by atoms with van der Waals surface area (Å²) in [4.78, 5) is 15.7. The first-order chi connectivity index (χ1) is 11.7. The van der Waals surface area contributed by atoms with E-state index in [1.54, 1.807) is 0 Å². The van der Waals surface area contributed by atoms with Crippen LogP contribution in [0.5, 0.6) is 0 Å². The Kier molecular flexibility index (Phi) is 3.79. The molecule has 0 saturated carbocycles. The lowest BCUT2D eigenvalue weighted by Crippen LogP contribution is -2.45. The van der Waals surface area contributed by atoms with Crippen molar-refractivity contribution in [3.05, 3.63) is 70.4 Å². The van der Waals surface area contributed by atoms with Crippen LogP contribution in [0.15, 0.2) is 48.5 Å². The molecule has 5 heteroatoms. The molecule has 122 valence electrons. The summed E-state index contributed by atoms with van der Waals surface area (Å²) in [6.45, 7) is 0. The number of aromatic amines is 1. The summed E-state index contributed by atoms with van der Waals surface area (Å²) in [7, 11) is 1.42. The maximum Gasteiger partial charge on any atom is 0.323 e. The molecular weight excluding hydrogens is 324 g/mol. The van der Waals surface area contributed by atoms with Gasteiger partial charge in [-0.05, 0) is 23.3 Å². The molecule has 1 aliphatic heterocycles. The zero-order valence-electron chi connectivity index (χ0n) is 13.2. The predicted molar refractivity (Wildman–Crippen MR) is 94.2 cm³/mol. The van der Waals surface area contributed by atoms with E-state index in [9.17, 15) is 4.79 Å². The number of H-pyrrole nitrogens is 1. The smallest absolute Gasteiger partial charge is 0.323 e. The number of carbonyl (C=O) groups excluding carboxylic acids is 1. The van der Waals surface area contributed by atoms with Gasteiger partial charge in [0.25, 0.3) is 0 Å². The van der Waals surface area contributed by atoms with Crippen LogP contribution in [0, 0.1) is 0 Å². The van der Waals surface area contributed by atoms with Gasteiger partial charge in [0.1, 0.15) is 6.04 Å². The molecule has 0 unspecified atom stereocenters. The number of nitrogens with one attached hydrogen (secondary N) is 2. The Balaban J connectivity index is 1.90. The van der Waals surface area contributed by atoms with Crippen LogP contribution in [0.4, 0.5) is 0 Å². The van der Waals surface area contributed by atoms with Crippen LogP contribution >= 0.6 is 11.6 Å². The molecule has 0 radical (unpaired) electrons. The number of esters is 1. The van der Waals surface area contributed by atoms with Crippen LogP contribution in [-0.2, 0) is 16.0 Å². The van der Waals surface area contributed by atoms with E-state index in [0.29, 0.717) is 11.4 Å². The van der Waals surface area contributed by atoms with Gasteiger partial charge >= 0.3 is 5.97 Å². The lowest BCUT2D eigenvalue weighted by atomic mass is 9.90. The number of para-hydroxylation sites is 1. The maximum absolute atomic E-state index is 12.2. The SMILES string of the molecule is COC(=O)[C@@H]1Cc2c([nH]c3ccccc23)[C@H](c2ccccc2Cl)N1. The van der Waals surface area contributed by atoms with Gasteiger partial charge in [-0.15, -0.1) is 0 Å². The molecule has 0 aliphatic carbocycles. The van der Waals surface area contributed by atoms with Crippen molar-refractivity contribution in [2.75, 3.05) is 7.11 Å².